The van der Waals surface area contributed by atoms with Crippen LogP contribution in [-0.4, -0.2) is 210 Å². The number of esters is 4. The molecule has 0 spiro atoms. The first-order valence-electron chi connectivity index (χ1n) is 41.7. The van der Waals surface area contributed by atoms with E-state index in [-0.39, 0.29) is 130 Å². The van der Waals surface area contributed by atoms with Crippen LogP contribution in [0.5, 0.6) is 0 Å². The van der Waals surface area contributed by atoms with Crippen LogP contribution in [0, 0.1) is 59.2 Å². The fourth-order valence-electron chi connectivity index (χ4n) is 5.66. The van der Waals surface area contributed by atoms with Gasteiger partial charge in [0.15, 0.2) is 0 Å². The van der Waals surface area contributed by atoms with E-state index in [1.54, 1.807) is 55.9 Å². The Labute approximate surface area is 718 Å². The lowest BCUT2D eigenvalue weighted by atomic mass is 10.1. The second-order valence-corrected chi connectivity index (χ2v) is 33.8. The molecule has 1 fully saturated rings. The number of carbonyl (C=O) groups excluding carboxylic acids is 9. The molecule has 1 rings (SSSR count). The van der Waals surface area contributed by atoms with Crippen molar-refractivity contribution in [2.24, 2.45) is 64.9 Å². The first-order chi connectivity index (χ1) is 53.1. The smallest absolute Gasteiger partial charge is 0.481 e. The molecule has 0 atom stereocenters. The van der Waals surface area contributed by atoms with Gasteiger partial charge in [0, 0.05) is 89.2 Å². The number of halogens is 3. The number of carboxylic acids is 1. The molecule has 6 N–H and O–H groups in total. The Balaban J connectivity index is -0.0000000822. The number of alkyl halides is 3. The standard InChI is InChI=1S/C8H15NO2.C8H17NO2.C8H16O2.C7H15NO.C7H14O2.2C6H12O2.C6H14O.C5H11NO.C5H10O2.2C5H12O.C4H7F3O.C4H9NO.C4H10O/c1-7(2)8(10)9-3-5-11-6-4-9;1-6(2)11-7(10)9-8(3,4)5;1-6(2)7(9)10-8(3,4)5;1-5(2)7(9)8-6(3)4;1-5(2)7(8)9-6(3)4;1-5(2)3-4-6(7)8;1-4-8-6(7)5(2)3;1-5(2)7-6(3)4;1-4(2)5(7)6-3;1-4(2)5(6)7-3;1-5(2)4-6-3;1-4-6-5(2)3;1-3(2)8-4(5,6)7;1-3(2)4(5)6;1-4(2)5-3/h7H,3-6H2,1-2H3;6H,1-5H3,(H,9,10);6H,1-5H3;5-6H,1-4H3,(H,8,9);5-6H,1-4H3;5H,3-4H2,1-2H3,(H,7,8);5H,4H2,1-3H3;5-6H,1-4H3;4H,1-3H3,(H,6,7);4H,1-3H3;2*5H,4H2,1-3H3;3H,1-2H3;3H,1-2H3,(H2,5,6);4H,1-3H3. The lowest BCUT2D eigenvalue weighted by Gasteiger charge is -2.28. The van der Waals surface area contributed by atoms with Gasteiger partial charge in [0.2, 0.25) is 23.6 Å². The third-order valence-electron chi connectivity index (χ3n) is 11.4. The summed E-state index contributed by atoms with van der Waals surface area (Å²) in [5.74, 6) is 0.500. The molecule has 27 nitrogen and oxygen atoms in total. The van der Waals surface area contributed by atoms with E-state index in [2.05, 4.69) is 44.0 Å². The summed E-state index contributed by atoms with van der Waals surface area (Å²) in [7, 11) is 6.45. The van der Waals surface area contributed by atoms with Gasteiger partial charge in [-0.2, -0.15) is 0 Å². The van der Waals surface area contributed by atoms with Crippen molar-refractivity contribution in [2.75, 3.05) is 74.5 Å². The summed E-state index contributed by atoms with van der Waals surface area (Å²) in [6.45, 7) is 88.1. The molecule has 0 aromatic carbocycles. The Morgan fingerprint density at radius 1 is 0.475 bits per heavy atom. The van der Waals surface area contributed by atoms with Crippen molar-refractivity contribution in [3.05, 3.63) is 0 Å². The number of carbonyl (C=O) groups is 10. The van der Waals surface area contributed by atoms with Crippen molar-refractivity contribution >= 4 is 59.6 Å². The second-order valence-electron chi connectivity index (χ2n) is 33.8. The number of morpholine rings is 1. The summed E-state index contributed by atoms with van der Waals surface area (Å²) >= 11 is 0. The minimum atomic E-state index is -4.48. The van der Waals surface area contributed by atoms with Gasteiger partial charge in [-0.25, -0.2) is 4.79 Å². The average Bonchev–Trinajstić information content (AvgIpc) is 0.894. The number of amides is 5. The number of alkyl carbamates (subject to hydrolysis) is 1. The number of hydrogen-bond donors (Lipinski definition) is 5. The summed E-state index contributed by atoms with van der Waals surface area (Å²) in [5.41, 5.74) is 4.23. The number of nitrogens with one attached hydrogen (secondary N) is 3. The van der Waals surface area contributed by atoms with Gasteiger partial charge in [0.05, 0.1) is 93.3 Å². The summed E-state index contributed by atoms with van der Waals surface area (Å²) in [6.07, 6.45) is -3.04. The molecule has 0 radical (unpaired) electrons. The molecule has 0 saturated carbocycles. The fourth-order valence-corrected chi connectivity index (χ4v) is 5.66. The largest absolute Gasteiger partial charge is 0.522 e. The SMILES string of the molecule is CC(C)C(=O)N1CCOCC1.CC(C)C(=O)OC(C)(C)C.CC(C)C(N)=O.CC(C)CCC(=O)O.CC(C)NC(=O)C(C)C.CC(C)OC(=O)C(C)C.CC(C)OC(=O)NC(C)(C)C.CC(C)OC(C)C.CC(C)OC(F)(F)F.CCOC(=O)C(C)C.CCOC(C)C.CNC(=O)C(C)C.COC(=O)C(C)C.COC(C)C.COCC(C)C. The average molecular weight is 1720 g/mol. The molecule has 118 heavy (non-hydrogen) atoms. The Bertz CT molecular complexity index is 2260. The summed E-state index contributed by atoms with van der Waals surface area (Å²) in [5, 5.41) is 16.2. The third kappa shape index (κ3) is 165. The molecule has 30 heteroatoms. The number of carboxylic acid groups (broad SMARTS) is 1. The monoisotopic (exact) mass is 1720 g/mol. The highest BCUT2D eigenvalue weighted by atomic mass is 19.4. The predicted octanol–water partition coefficient (Wildman–Crippen LogP) is 18.7. The predicted molar refractivity (Wildman–Crippen MR) is 474 cm³/mol. The maximum atomic E-state index is 11.4. The molecular weight excluding hydrogens is 1540 g/mol. The second kappa shape index (κ2) is 90.3. The van der Waals surface area contributed by atoms with Gasteiger partial charge >= 0.3 is 42.3 Å². The number of methoxy groups -OCH3 is 3. The number of nitrogens with two attached hydrogens (primary N) is 1. The van der Waals surface area contributed by atoms with Crippen molar-refractivity contribution in [3.8, 4) is 0 Å². The van der Waals surface area contributed by atoms with E-state index in [4.69, 9.17) is 48.7 Å². The van der Waals surface area contributed by atoms with Gasteiger partial charge < -0.3 is 79.1 Å². The minimum Gasteiger partial charge on any atom is -0.481 e. The first kappa shape index (κ1) is 144. The zero-order valence-corrected chi connectivity index (χ0v) is 83.9. The van der Waals surface area contributed by atoms with Crippen LogP contribution in [0.25, 0.3) is 0 Å². The normalized spacial score (nSPS) is 11.2. The van der Waals surface area contributed by atoms with E-state index in [0.717, 1.165) is 32.7 Å². The van der Waals surface area contributed by atoms with E-state index in [9.17, 15) is 61.1 Å². The van der Waals surface area contributed by atoms with Crippen LogP contribution in [0.3, 0.4) is 0 Å². The van der Waals surface area contributed by atoms with Gasteiger partial charge in [-0.05, 0) is 184 Å². The molecule has 5 amide bonds. The van der Waals surface area contributed by atoms with Crippen molar-refractivity contribution in [1.82, 2.24) is 20.9 Å². The highest BCUT2D eigenvalue weighted by molar-refractivity contribution is 5.79. The molecule has 716 valence electrons. The maximum absolute atomic E-state index is 11.4. The molecule has 0 aliphatic carbocycles. The lowest BCUT2D eigenvalue weighted by Crippen LogP contribution is -2.42. The fraction of sp³-hybridized carbons (Fsp3) is 0.886. The Hall–Kier alpha value is -5.95. The van der Waals surface area contributed by atoms with Crippen LogP contribution in [0.1, 0.15) is 317 Å². The van der Waals surface area contributed by atoms with Crippen LogP contribution in [-0.2, 0) is 95.3 Å². The minimum absolute atomic E-state index is 0.00463. The lowest BCUT2D eigenvalue weighted by molar-refractivity contribution is -0.338. The van der Waals surface area contributed by atoms with Gasteiger partial charge in [0.25, 0.3) is 0 Å². The molecule has 1 heterocycles. The zero-order chi connectivity index (χ0) is 97.5. The van der Waals surface area contributed by atoms with Gasteiger partial charge in [-0.15, -0.1) is 13.2 Å². The number of nitrogens with zero attached hydrogens (tertiary/aromatic N) is 1. The number of aliphatic carboxylic acids is 1. The van der Waals surface area contributed by atoms with E-state index in [1.165, 1.54) is 21.0 Å². The topological polar surface area (TPSA) is 358 Å². The van der Waals surface area contributed by atoms with Crippen LogP contribution in [0.4, 0.5) is 18.0 Å². The van der Waals surface area contributed by atoms with Crippen LogP contribution in [0.15, 0.2) is 0 Å². The molecular formula is C88H186F3N5O22. The van der Waals surface area contributed by atoms with E-state index in [1.807, 2.05) is 247 Å². The molecule has 1 saturated heterocycles. The summed E-state index contributed by atoms with van der Waals surface area (Å²) < 4.78 is 85.5. The van der Waals surface area contributed by atoms with E-state index in [0.29, 0.717) is 62.5 Å². The Morgan fingerprint density at radius 2 is 0.856 bits per heavy atom. The highest BCUT2D eigenvalue weighted by Gasteiger charge is 2.30. The van der Waals surface area contributed by atoms with Crippen LogP contribution in [0.2, 0.25) is 0 Å². The Morgan fingerprint density at radius 3 is 0.966 bits per heavy atom. The molecule has 1 aliphatic heterocycles. The molecule has 0 aromatic heterocycles. The Kier molecular flexibility index (Phi) is 110. The molecule has 0 aromatic rings. The maximum Gasteiger partial charge on any atom is 0.522 e. The number of rotatable bonds is 23. The number of primary amides is 1. The molecule has 0 unspecified atom stereocenters. The first-order valence-corrected chi connectivity index (χ1v) is 41.7. The van der Waals surface area contributed by atoms with Crippen molar-refractivity contribution in [3.63, 3.8) is 0 Å². The molecule has 0 bridgehead atoms. The summed E-state index contributed by atoms with van der Waals surface area (Å²) in [6, 6.07) is 0.264. The van der Waals surface area contributed by atoms with Gasteiger partial charge in [-0.1, -0.05) is 138 Å². The number of ether oxygens (including phenoxy) is 11. The van der Waals surface area contributed by atoms with Crippen LogP contribution >= 0.6 is 0 Å². The summed E-state index contributed by atoms with van der Waals surface area (Å²) in [4.78, 5) is 108. The zero-order valence-electron chi connectivity index (χ0n) is 83.9. The molecule has 1 aliphatic rings. The van der Waals surface area contributed by atoms with Gasteiger partial charge in [-0.3, -0.25) is 47.9 Å². The van der Waals surface area contributed by atoms with Crippen molar-refractivity contribution < 1.29 is 118 Å². The van der Waals surface area contributed by atoms with Crippen molar-refractivity contribution in [1.29, 1.82) is 0 Å². The number of hydrogen-bond acceptors (Lipinski definition) is 21. The van der Waals surface area contributed by atoms with Crippen molar-refractivity contribution in [2.45, 2.75) is 384 Å². The van der Waals surface area contributed by atoms with E-state index < -0.39 is 18.4 Å². The quantitative estimate of drug-likeness (QED) is 0.0468. The highest BCUT2D eigenvalue weighted by Crippen LogP contribution is 2.18. The van der Waals surface area contributed by atoms with Gasteiger partial charge in [0.1, 0.15) is 5.60 Å². The third-order valence-corrected chi connectivity index (χ3v) is 11.4. The van der Waals surface area contributed by atoms with E-state index >= 15 is 0 Å². The van der Waals surface area contributed by atoms with Crippen LogP contribution < -0.4 is 21.7 Å².